The zero-order valence-electron chi connectivity index (χ0n) is 13.4. The fourth-order valence-electron chi connectivity index (χ4n) is 4.28. The normalized spacial score (nSPS) is 30.2. The third-order valence-corrected chi connectivity index (χ3v) is 7.31. The van der Waals surface area contributed by atoms with E-state index in [-0.39, 0.29) is 11.3 Å². The number of hydrogen-bond donors (Lipinski definition) is 2. The Hall–Kier alpha value is -0.130. The van der Waals surface area contributed by atoms with E-state index >= 15 is 0 Å². The Morgan fingerprint density at radius 2 is 1.81 bits per heavy atom. The maximum absolute atomic E-state index is 11.8. The van der Waals surface area contributed by atoms with Crippen molar-refractivity contribution in [1.29, 1.82) is 0 Å². The van der Waals surface area contributed by atoms with Crippen molar-refractivity contribution in [3.63, 3.8) is 0 Å². The van der Waals surface area contributed by atoms with Gasteiger partial charge in [0.15, 0.2) is 0 Å². The molecule has 2 aliphatic carbocycles. The van der Waals surface area contributed by atoms with E-state index in [2.05, 4.69) is 5.43 Å². The van der Waals surface area contributed by atoms with Crippen molar-refractivity contribution in [3.8, 4) is 0 Å². The number of nitrogens with one attached hydrogen (secondary N) is 1. The summed E-state index contributed by atoms with van der Waals surface area (Å²) >= 11 is 0. The third-order valence-electron chi connectivity index (χ3n) is 5.67. The molecule has 0 spiro atoms. The van der Waals surface area contributed by atoms with Crippen molar-refractivity contribution in [3.05, 3.63) is 0 Å². The molecule has 2 rings (SSSR count). The monoisotopic (exact) mass is 316 g/mol. The van der Waals surface area contributed by atoms with Crippen molar-refractivity contribution in [2.24, 2.45) is 17.7 Å². The van der Waals surface area contributed by atoms with Gasteiger partial charge in [-0.15, -0.1) is 0 Å². The van der Waals surface area contributed by atoms with E-state index in [0.717, 1.165) is 38.0 Å². The zero-order chi connectivity index (χ0) is 15.3. The van der Waals surface area contributed by atoms with Gasteiger partial charge in [0, 0.05) is 12.3 Å². The average molecular weight is 317 g/mol. The minimum atomic E-state index is -2.90. The minimum Gasteiger partial charge on any atom is -0.271 e. The molecule has 3 N–H and O–H groups in total. The maximum atomic E-state index is 11.8. The van der Waals surface area contributed by atoms with Crippen LogP contribution < -0.4 is 11.3 Å². The van der Waals surface area contributed by atoms with Crippen molar-refractivity contribution < 1.29 is 8.42 Å². The van der Waals surface area contributed by atoms with E-state index in [1.165, 1.54) is 44.8 Å². The average Bonchev–Trinajstić information content (AvgIpc) is 2.48. The molecule has 0 heterocycles. The molecule has 2 fully saturated rings. The van der Waals surface area contributed by atoms with Gasteiger partial charge < -0.3 is 0 Å². The topological polar surface area (TPSA) is 72.2 Å². The van der Waals surface area contributed by atoms with Crippen LogP contribution in [0.1, 0.15) is 70.6 Å². The molecule has 4 nitrogen and oxygen atoms in total. The molecule has 0 aromatic rings. The van der Waals surface area contributed by atoms with Gasteiger partial charge in [0.05, 0.1) is 5.25 Å². The van der Waals surface area contributed by atoms with Crippen LogP contribution in [0.15, 0.2) is 0 Å². The molecule has 0 amide bonds. The third kappa shape index (κ3) is 5.22. The standard InChI is InChI=1S/C16H32N2O2S/c1-21(19,20)15-9-5-8-14(12-15)16(18-17)11-10-13-6-3-2-4-7-13/h13-16,18H,2-12,17H2,1H3. The summed E-state index contributed by atoms with van der Waals surface area (Å²) in [5, 5.41) is -0.151. The first kappa shape index (κ1) is 17.2. The lowest BCUT2D eigenvalue weighted by atomic mass is 9.79. The van der Waals surface area contributed by atoms with Crippen LogP contribution in [0.25, 0.3) is 0 Å². The Kier molecular flexibility index (Phi) is 6.51. The fourth-order valence-corrected chi connectivity index (χ4v) is 5.47. The largest absolute Gasteiger partial charge is 0.271 e. The van der Waals surface area contributed by atoms with Crippen molar-refractivity contribution in [2.45, 2.75) is 81.9 Å². The quantitative estimate of drug-likeness (QED) is 0.584. The Labute approximate surface area is 130 Å². The van der Waals surface area contributed by atoms with E-state index in [0.29, 0.717) is 5.92 Å². The molecule has 124 valence electrons. The molecule has 0 saturated heterocycles. The lowest BCUT2D eigenvalue weighted by Gasteiger charge is -2.34. The Balaban J connectivity index is 1.84. The molecular formula is C16H32N2O2S. The van der Waals surface area contributed by atoms with Crippen LogP contribution in [-0.4, -0.2) is 26.0 Å². The first-order chi connectivity index (χ1) is 10.0. The van der Waals surface area contributed by atoms with E-state index in [4.69, 9.17) is 5.84 Å². The lowest BCUT2D eigenvalue weighted by molar-refractivity contribution is 0.235. The van der Waals surface area contributed by atoms with Gasteiger partial charge in [-0.1, -0.05) is 38.5 Å². The summed E-state index contributed by atoms with van der Waals surface area (Å²) in [5.74, 6) is 7.06. The highest BCUT2D eigenvalue weighted by atomic mass is 32.2. The summed E-state index contributed by atoms with van der Waals surface area (Å²) in [6, 6.07) is 0.288. The zero-order valence-corrected chi connectivity index (χ0v) is 14.2. The van der Waals surface area contributed by atoms with Gasteiger partial charge in [-0.05, 0) is 43.9 Å². The van der Waals surface area contributed by atoms with Gasteiger partial charge in [0.25, 0.3) is 0 Å². The predicted octanol–water partition coefficient (Wildman–Crippen LogP) is 2.78. The smallest absolute Gasteiger partial charge is 0.150 e. The van der Waals surface area contributed by atoms with E-state index in [1.54, 1.807) is 0 Å². The molecule has 5 heteroatoms. The first-order valence-electron chi connectivity index (χ1n) is 8.65. The second-order valence-electron chi connectivity index (χ2n) is 7.23. The van der Waals surface area contributed by atoms with Crippen LogP contribution >= 0.6 is 0 Å². The SMILES string of the molecule is CS(=O)(=O)C1CCCC(C(CCC2CCCCC2)NN)C1. The van der Waals surface area contributed by atoms with E-state index in [1.807, 2.05) is 0 Å². The highest BCUT2D eigenvalue weighted by Gasteiger charge is 2.32. The number of hydrazine groups is 1. The van der Waals surface area contributed by atoms with Crippen LogP contribution in [0.5, 0.6) is 0 Å². The second kappa shape index (κ2) is 7.93. The van der Waals surface area contributed by atoms with E-state index < -0.39 is 9.84 Å². The van der Waals surface area contributed by atoms with Crippen molar-refractivity contribution in [1.82, 2.24) is 5.43 Å². The highest BCUT2D eigenvalue weighted by Crippen LogP contribution is 2.34. The summed E-state index contributed by atoms with van der Waals surface area (Å²) in [5.41, 5.74) is 2.99. The molecule has 2 aliphatic rings. The lowest BCUT2D eigenvalue weighted by Crippen LogP contribution is -2.44. The number of rotatable bonds is 6. The molecule has 0 bridgehead atoms. The first-order valence-corrected chi connectivity index (χ1v) is 10.6. The number of sulfone groups is 1. The molecule has 3 atom stereocenters. The second-order valence-corrected chi connectivity index (χ2v) is 9.56. The predicted molar refractivity (Wildman–Crippen MR) is 87.5 cm³/mol. The van der Waals surface area contributed by atoms with Crippen LogP contribution in [0.4, 0.5) is 0 Å². The molecule has 3 unspecified atom stereocenters. The Morgan fingerprint density at radius 1 is 1.10 bits per heavy atom. The van der Waals surface area contributed by atoms with Crippen LogP contribution in [0.2, 0.25) is 0 Å². The van der Waals surface area contributed by atoms with Gasteiger partial charge in [0.2, 0.25) is 0 Å². The maximum Gasteiger partial charge on any atom is 0.150 e. The van der Waals surface area contributed by atoms with Gasteiger partial charge in [-0.25, -0.2) is 8.42 Å². The van der Waals surface area contributed by atoms with Gasteiger partial charge in [0.1, 0.15) is 9.84 Å². The van der Waals surface area contributed by atoms with E-state index in [9.17, 15) is 8.42 Å². The van der Waals surface area contributed by atoms with Gasteiger partial charge in [-0.2, -0.15) is 0 Å². The van der Waals surface area contributed by atoms with Crippen molar-refractivity contribution >= 4 is 9.84 Å². The molecule has 21 heavy (non-hydrogen) atoms. The molecule has 0 aliphatic heterocycles. The summed E-state index contributed by atoms with van der Waals surface area (Å²) in [4.78, 5) is 0. The Bertz CT molecular complexity index is 405. The van der Waals surface area contributed by atoms with Crippen LogP contribution in [-0.2, 0) is 9.84 Å². The van der Waals surface area contributed by atoms with Gasteiger partial charge in [-0.3, -0.25) is 11.3 Å². The molecule has 0 radical (unpaired) electrons. The number of hydrogen-bond acceptors (Lipinski definition) is 4. The Morgan fingerprint density at radius 3 is 2.43 bits per heavy atom. The minimum absolute atomic E-state index is 0.151. The number of nitrogens with two attached hydrogens (primary N) is 1. The van der Waals surface area contributed by atoms with Crippen molar-refractivity contribution in [2.75, 3.05) is 6.26 Å². The summed E-state index contributed by atoms with van der Waals surface area (Å²) < 4.78 is 23.6. The highest BCUT2D eigenvalue weighted by molar-refractivity contribution is 7.91. The van der Waals surface area contributed by atoms with Gasteiger partial charge >= 0.3 is 0 Å². The summed E-state index contributed by atoms with van der Waals surface area (Å²) in [6.07, 6.45) is 14.4. The molecular weight excluding hydrogens is 284 g/mol. The molecule has 0 aromatic carbocycles. The molecule has 0 aromatic heterocycles. The fraction of sp³-hybridized carbons (Fsp3) is 1.00. The molecule has 2 saturated carbocycles. The summed E-state index contributed by atoms with van der Waals surface area (Å²) in [6.45, 7) is 0. The van der Waals surface area contributed by atoms with Crippen LogP contribution in [0, 0.1) is 11.8 Å². The van der Waals surface area contributed by atoms with Crippen LogP contribution in [0.3, 0.4) is 0 Å². The summed E-state index contributed by atoms with van der Waals surface area (Å²) in [7, 11) is -2.90.